The normalized spacial score (nSPS) is 10.1. The Kier molecular flexibility index (Phi) is 3.90. The fourth-order valence-corrected chi connectivity index (χ4v) is 2.91. The minimum atomic E-state index is 0.728. The van der Waals surface area contributed by atoms with Crippen molar-refractivity contribution in [1.29, 1.82) is 5.26 Å². The first kappa shape index (κ1) is 12.9. The van der Waals surface area contributed by atoms with Crippen LogP contribution in [0.5, 0.6) is 0 Å². The number of nitriles is 1. The Labute approximate surface area is 116 Å². The van der Waals surface area contributed by atoms with Crippen LogP contribution >= 0.6 is 22.9 Å². The summed E-state index contributed by atoms with van der Waals surface area (Å²) >= 11 is 7.51. The fourth-order valence-electron chi connectivity index (χ4n) is 1.77. The molecule has 2 aromatic rings. The van der Waals surface area contributed by atoms with Gasteiger partial charge in [0, 0.05) is 17.6 Å². The lowest BCUT2D eigenvalue weighted by atomic mass is 10.1. The third-order valence-corrected chi connectivity index (χ3v) is 4.01. The van der Waals surface area contributed by atoms with E-state index in [-0.39, 0.29) is 0 Å². The Morgan fingerprint density at radius 1 is 1.33 bits per heavy atom. The van der Waals surface area contributed by atoms with Gasteiger partial charge in [-0.15, -0.1) is 11.3 Å². The molecule has 0 spiro atoms. The molecule has 0 aliphatic rings. The Morgan fingerprint density at radius 2 is 2.11 bits per heavy atom. The van der Waals surface area contributed by atoms with E-state index in [1.165, 1.54) is 4.88 Å². The lowest BCUT2D eigenvalue weighted by Crippen LogP contribution is -2.15. The number of halogens is 1. The molecule has 0 bridgehead atoms. The number of hydrogen-bond donors (Lipinski definition) is 0. The van der Waals surface area contributed by atoms with E-state index in [0.717, 1.165) is 27.7 Å². The monoisotopic (exact) mass is 276 g/mol. The van der Waals surface area contributed by atoms with Gasteiger partial charge in [0.2, 0.25) is 0 Å². The minimum Gasteiger partial charge on any atom is -0.369 e. The molecule has 0 aliphatic heterocycles. The quantitative estimate of drug-likeness (QED) is 0.839. The molecule has 2 rings (SSSR count). The highest BCUT2D eigenvalue weighted by atomic mass is 35.5. The second-order valence-corrected chi connectivity index (χ2v) is 5.97. The molecule has 0 saturated carbocycles. The van der Waals surface area contributed by atoms with E-state index in [9.17, 15) is 0 Å². The van der Waals surface area contributed by atoms with Gasteiger partial charge in [-0.05, 0) is 42.8 Å². The predicted molar refractivity (Wildman–Crippen MR) is 77.3 cm³/mol. The molecule has 92 valence electrons. The summed E-state index contributed by atoms with van der Waals surface area (Å²) in [7, 11) is 2.04. The van der Waals surface area contributed by atoms with Crippen molar-refractivity contribution in [3.63, 3.8) is 0 Å². The van der Waals surface area contributed by atoms with Gasteiger partial charge in [-0.25, -0.2) is 0 Å². The molecule has 0 saturated heterocycles. The van der Waals surface area contributed by atoms with E-state index in [2.05, 4.69) is 11.0 Å². The summed E-state index contributed by atoms with van der Waals surface area (Å²) in [4.78, 5) is 3.38. The first-order valence-electron chi connectivity index (χ1n) is 5.56. The van der Waals surface area contributed by atoms with Gasteiger partial charge >= 0.3 is 0 Å². The molecule has 1 aromatic carbocycles. The molecule has 0 unspecified atom stereocenters. The van der Waals surface area contributed by atoms with Crippen molar-refractivity contribution in [2.75, 3.05) is 11.9 Å². The molecule has 0 N–H and O–H groups in total. The van der Waals surface area contributed by atoms with Crippen LogP contribution in [0.3, 0.4) is 0 Å². The third-order valence-electron chi connectivity index (χ3n) is 2.79. The van der Waals surface area contributed by atoms with E-state index >= 15 is 0 Å². The van der Waals surface area contributed by atoms with E-state index in [1.54, 1.807) is 11.3 Å². The highest BCUT2D eigenvalue weighted by Gasteiger charge is 2.06. The Balaban J connectivity index is 2.16. The summed E-state index contributed by atoms with van der Waals surface area (Å²) in [5.74, 6) is 0. The van der Waals surface area contributed by atoms with Crippen LogP contribution in [0.25, 0.3) is 0 Å². The van der Waals surface area contributed by atoms with Crippen LogP contribution in [0.15, 0.2) is 30.3 Å². The molecule has 4 heteroatoms. The van der Waals surface area contributed by atoms with Crippen molar-refractivity contribution in [3.05, 3.63) is 50.7 Å². The van der Waals surface area contributed by atoms with Crippen molar-refractivity contribution >= 4 is 28.6 Å². The zero-order valence-corrected chi connectivity index (χ0v) is 11.8. The second kappa shape index (κ2) is 5.43. The molecule has 1 heterocycles. The number of anilines is 1. The van der Waals surface area contributed by atoms with Gasteiger partial charge in [-0.3, -0.25) is 0 Å². The van der Waals surface area contributed by atoms with E-state index in [0.29, 0.717) is 0 Å². The molecular weight excluding hydrogens is 264 g/mol. The standard InChI is InChI=1S/C14H13ClN2S/c1-10-7-12(4-3-11(10)8-16)17(2)9-13-5-6-14(15)18-13/h3-7H,9H2,1-2H3. The molecule has 0 aliphatic carbocycles. The van der Waals surface area contributed by atoms with Crippen LogP contribution in [0.1, 0.15) is 16.0 Å². The molecule has 18 heavy (non-hydrogen) atoms. The summed E-state index contributed by atoms with van der Waals surface area (Å²) in [5, 5.41) is 8.91. The smallest absolute Gasteiger partial charge is 0.0994 e. The van der Waals surface area contributed by atoms with E-state index in [1.807, 2.05) is 44.3 Å². The topological polar surface area (TPSA) is 27.0 Å². The third kappa shape index (κ3) is 2.84. The maximum absolute atomic E-state index is 8.91. The second-order valence-electron chi connectivity index (χ2n) is 4.17. The number of thiophene rings is 1. The minimum absolute atomic E-state index is 0.728. The highest BCUT2D eigenvalue weighted by molar-refractivity contribution is 7.16. The van der Waals surface area contributed by atoms with Gasteiger partial charge in [0.15, 0.2) is 0 Å². The average Bonchev–Trinajstić information content (AvgIpc) is 2.74. The van der Waals surface area contributed by atoms with Crippen molar-refractivity contribution in [2.45, 2.75) is 13.5 Å². The van der Waals surface area contributed by atoms with Gasteiger partial charge in [0.05, 0.1) is 22.5 Å². The largest absolute Gasteiger partial charge is 0.369 e. The Bertz CT molecular complexity index is 598. The van der Waals surface area contributed by atoms with Crippen molar-refractivity contribution in [3.8, 4) is 6.07 Å². The molecular formula is C14H13ClN2S. The van der Waals surface area contributed by atoms with Crippen LogP contribution < -0.4 is 4.90 Å². The maximum Gasteiger partial charge on any atom is 0.0994 e. The summed E-state index contributed by atoms with van der Waals surface area (Å²) < 4.78 is 0.814. The van der Waals surface area contributed by atoms with Crippen LogP contribution in [0, 0.1) is 18.3 Å². The van der Waals surface area contributed by atoms with E-state index in [4.69, 9.17) is 16.9 Å². The molecule has 0 radical (unpaired) electrons. The zero-order chi connectivity index (χ0) is 13.1. The van der Waals surface area contributed by atoms with Crippen LogP contribution in [0.2, 0.25) is 4.34 Å². The zero-order valence-electron chi connectivity index (χ0n) is 10.3. The summed E-state index contributed by atoms with van der Waals surface area (Å²) in [6.45, 7) is 2.78. The first-order chi connectivity index (χ1) is 8.60. The lowest BCUT2D eigenvalue weighted by Gasteiger charge is -2.19. The van der Waals surface area contributed by atoms with Crippen LogP contribution in [-0.2, 0) is 6.54 Å². The highest BCUT2D eigenvalue weighted by Crippen LogP contribution is 2.25. The summed E-state index contributed by atoms with van der Waals surface area (Å²) in [6, 6.07) is 12.0. The first-order valence-corrected chi connectivity index (χ1v) is 6.75. The fraction of sp³-hybridized carbons (Fsp3) is 0.214. The maximum atomic E-state index is 8.91. The SMILES string of the molecule is Cc1cc(N(C)Cc2ccc(Cl)s2)ccc1C#N. The molecule has 2 nitrogen and oxygen atoms in total. The number of nitrogens with zero attached hydrogens (tertiary/aromatic N) is 2. The lowest BCUT2D eigenvalue weighted by molar-refractivity contribution is 0.939. The number of hydrogen-bond acceptors (Lipinski definition) is 3. The molecule has 1 aromatic heterocycles. The summed E-state index contributed by atoms with van der Waals surface area (Å²) in [6.07, 6.45) is 0. The van der Waals surface area contributed by atoms with Gasteiger partial charge < -0.3 is 4.90 Å². The van der Waals surface area contributed by atoms with Crippen molar-refractivity contribution in [1.82, 2.24) is 0 Å². The van der Waals surface area contributed by atoms with Gasteiger partial charge in [0.25, 0.3) is 0 Å². The van der Waals surface area contributed by atoms with Gasteiger partial charge in [-0.2, -0.15) is 5.26 Å². The van der Waals surface area contributed by atoms with Crippen LogP contribution in [0.4, 0.5) is 5.69 Å². The Morgan fingerprint density at radius 3 is 2.67 bits per heavy atom. The Hall–Kier alpha value is -1.50. The molecule has 0 amide bonds. The summed E-state index contributed by atoms with van der Waals surface area (Å²) in [5.41, 5.74) is 2.84. The number of rotatable bonds is 3. The van der Waals surface area contributed by atoms with Crippen LogP contribution in [-0.4, -0.2) is 7.05 Å². The predicted octanol–water partition coefficient (Wildman–Crippen LogP) is 4.22. The van der Waals surface area contributed by atoms with Crippen molar-refractivity contribution < 1.29 is 0 Å². The number of aryl methyl sites for hydroxylation is 1. The average molecular weight is 277 g/mol. The number of benzene rings is 1. The molecule has 0 fully saturated rings. The molecule has 0 atom stereocenters. The van der Waals surface area contributed by atoms with E-state index < -0.39 is 0 Å². The van der Waals surface area contributed by atoms with Gasteiger partial charge in [0.1, 0.15) is 0 Å². The van der Waals surface area contributed by atoms with Gasteiger partial charge in [-0.1, -0.05) is 11.6 Å². The van der Waals surface area contributed by atoms with Crippen molar-refractivity contribution in [2.24, 2.45) is 0 Å².